The monoisotopic (exact) mass is 192 g/mol. The van der Waals surface area contributed by atoms with Gasteiger partial charge in [0.1, 0.15) is 6.29 Å². The third-order valence-corrected chi connectivity index (χ3v) is 2.77. The van der Waals surface area contributed by atoms with Gasteiger partial charge in [0.2, 0.25) is 0 Å². The van der Waals surface area contributed by atoms with Crippen molar-refractivity contribution in [3.63, 3.8) is 0 Å². The van der Waals surface area contributed by atoms with E-state index in [2.05, 4.69) is 18.9 Å². The van der Waals surface area contributed by atoms with E-state index in [-0.39, 0.29) is 5.41 Å². The van der Waals surface area contributed by atoms with Crippen LogP contribution in [0, 0.1) is 5.92 Å². The van der Waals surface area contributed by atoms with Gasteiger partial charge in [-0.05, 0) is 18.8 Å². The van der Waals surface area contributed by atoms with Crippen molar-refractivity contribution >= 4 is 6.29 Å². The van der Waals surface area contributed by atoms with E-state index in [1.54, 1.807) is 0 Å². The number of aldehydes is 1. The Morgan fingerprint density at radius 1 is 1.64 bits per heavy atom. The van der Waals surface area contributed by atoms with Crippen LogP contribution < -0.4 is 0 Å². The van der Waals surface area contributed by atoms with Crippen molar-refractivity contribution in [3.8, 4) is 0 Å². The molecule has 0 spiro atoms. The third-order valence-electron chi connectivity index (χ3n) is 2.77. The molecule has 76 valence electrons. The first kappa shape index (κ1) is 9.44. The van der Waals surface area contributed by atoms with E-state index in [1.807, 2.05) is 17.1 Å². The van der Waals surface area contributed by atoms with Gasteiger partial charge in [-0.3, -0.25) is 4.68 Å². The molecular weight excluding hydrogens is 176 g/mol. The number of nitrogens with zero attached hydrogens (tertiary/aromatic N) is 2. The second kappa shape index (κ2) is 3.23. The number of aromatic nitrogens is 2. The van der Waals surface area contributed by atoms with Gasteiger partial charge in [-0.15, -0.1) is 0 Å². The van der Waals surface area contributed by atoms with E-state index < -0.39 is 0 Å². The second-order valence-corrected chi connectivity index (χ2v) is 4.62. The molecule has 0 N–H and O–H groups in total. The van der Waals surface area contributed by atoms with Crippen LogP contribution in [0.25, 0.3) is 0 Å². The summed E-state index contributed by atoms with van der Waals surface area (Å²) >= 11 is 0. The van der Waals surface area contributed by atoms with E-state index >= 15 is 0 Å². The predicted octanol–water partition coefficient (Wildman–Crippen LogP) is 1.77. The largest absolute Gasteiger partial charge is 0.302 e. The van der Waals surface area contributed by atoms with Crippen LogP contribution in [0.4, 0.5) is 0 Å². The summed E-state index contributed by atoms with van der Waals surface area (Å²) in [5.41, 5.74) is 0.919. The molecule has 1 saturated carbocycles. The quantitative estimate of drug-likeness (QED) is 0.681. The molecule has 0 radical (unpaired) electrons. The maximum atomic E-state index is 10.9. The van der Waals surface area contributed by atoms with Gasteiger partial charge in [-0.25, -0.2) is 0 Å². The lowest BCUT2D eigenvalue weighted by Gasteiger charge is -2.04. The van der Waals surface area contributed by atoms with Crippen LogP contribution in [0.3, 0.4) is 0 Å². The average Bonchev–Trinajstić information content (AvgIpc) is 2.81. The van der Waals surface area contributed by atoms with E-state index in [0.29, 0.717) is 5.92 Å². The zero-order valence-electron chi connectivity index (χ0n) is 8.73. The van der Waals surface area contributed by atoms with Gasteiger partial charge in [-0.2, -0.15) is 5.10 Å². The molecule has 3 heteroatoms. The first-order valence-corrected chi connectivity index (χ1v) is 5.15. The van der Waals surface area contributed by atoms with Gasteiger partial charge < -0.3 is 4.79 Å². The Morgan fingerprint density at radius 3 is 2.86 bits per heavy atom. The van der Waals surface area contributed by atoms with Gasteiger partial charge in [0.15, 0.2) is 0 Å². The summed E-state index contributed by atoms with van der Waals surface area (Å²) in [6.45, 7) is 5.25. The van der Waals surface area contributed by atoms with Gasteiger partial charge >= 0.3 is 0 Å². The van der Waals surface area contributed by atoms with Crippen molar-refractivity contribution < 1.29 is 4.79 Å². The van der Waals surface area contributed by atoms with Crippen molar-refractivity contribution in [1.82, 2.24) is 9.78 Å². The lowest BCUT2D eigenvalue weighted by Crippen LogP contribution is -2.07. The second-order valence-electron chi connectivity index (χ2n) is 4.62. The van der Waals surface area contributed by atoms with Crippen LogP contribution in [-0.2, 0) is 16.8 Å². The molecular formula is C11H16N2O. The lowest BCUT2D eigenvalue weighted by molar-refractivity contribution is -0.109. The van der Waals surface area contributed by atoms with E-state index in [0.717, 1.165) is 31.2 Å². The number of hydrogen-bond donors (Lipinski definition) is 0. The Labute approximate surface area is 84.1 Å². The molecule has 1 aliphatic carbocycles. The van der Waals surface area contributed by atoms with Crippen molar-refractivity contribution in [2.45, 2.75) is 38.6 Å². The first-order valence-electron chi connectivity index (χ1n) is 5.15. The van der Waals surface area contributed by atoms with Crippen molar-refractivity contribution in [2.75, 3.05) is 0 Å². The molecule has 0 atom stereocenters. The third kappa shape index (κ3) is 1.59. The molecule has 0 bridgehead atoms. The van der Waals surface area contributed by atoms with Crippen LogP contribution >= 0.6 is 0 Å². The lowest BCUT2D eigenvalue weighted by atomic mass is 10.0. The molecule has 14 heavy (non-hydrogen) atoms. The van der Waals surface area contributed by atoms with E-state index in [9.17, 15) is 4.79 Å². The Bertz CT molecular complexity index is 337. The summed E-state index contributed by atoms with van der Waals surface area (Å²) in [6, 6.07) is 0. The van der Waals surface area contributed by atoms with Crippen molar-refractivity contribution in [1.29, 1.82) is 0 Å². The van der Waals surface area contributed by atoms with Gasteiger partial charge in [-0.1, -0.05) is 13.8 Å². The fourth-order valence-electron chi connectivity index (χ4n) is 1.70. The average molecular weight is 192 g/mol. The zero-order chi connectivity index (χ0) is 10.2. The first-order chi connectivity index (χ1) is 6.66. The maximum absolute atomic E-state index is 10.9. The Hall–Kier alpha value is -1.12. The fraction of sp³-hybridized carbons (Fsp3) is 0.636. The minimum absolute atomic E-state index is 0.171. The van der Waals surface area contributed by atoms with Crippen LogP contribution in [0.15, 0.2) is 12.4 Å². The Morgan fingerprint density at radius 2 is 2.36 bits per heavy atom. The SMILES string of the molecule is CC(C)Cn1cc(C2(C=O)CC2)cn1. The number of rotatable bonds is 4. The fourth-order valence-corrected chi connectivity index (χ4v) is 1.70. The summed E-state index contributed by atoms with van der Waals surface area (Å²) in [5, 5.41) is 4.27. The van der Waals surface area contributed by atoms with Crippen molar-refractivity contribution in [2.24, 2.45) is 5.92 Å². The smallest absolute Gasteiger partial charge is 0.130 e. The topological polar surface area (TPSA) is 34.9 Å². The van der Waals surface area contributed by atoms with Crippen LogP contribution in [0.5, 0.6) is 0 Å². The molecule has 0 aromatic carbocycles. The summed E-state index contributed by atoms with van der Waals surface area (Å²) in [5.74, 6) is 0.592. The Balaban J connectivity index is 2.14. The number of hydrogen-bond acceptors (Lipinski definition) is 2. The van der Waals surface area contributed by atoms with Crippen molar-refractivity contribution in [3.05, 3.63) is 18.0 Å². The number of carbonyl (C=O) groups excluding carboxylic acids is 1. The summed E-state index contributed by atoms with van der Waals surface area (Å²) < 4.78 is 1.93. The molecule has 0 unspecified atom stereocenters. The molecule has 0 aliphatic heterocycles. The van der Waals surface area contributed by atoms with Gasteiger partial charge in [0, 0.05) is 18.3 Å². The highest BCUT2D eigenvalue weighted by atomic mass is 16.1. The molecule has 2 rings (SSSR count). The minimum atomic E-state index is -0.171. The number of carbonyl (C=O) groups is 1. The minimum Gasteiger partial charge on any atom is -0.302 e. The molecule has 3 nitrogen and oxygen atoms in total. The van der Waals surface area contributed by atoms with Gasteiger partial charge in [0.25, 0.3) is 0 Å². The highest BCUT2D eigenvalue weighted by molar-refractivity contribution is 5.72. The molecule has 1 aliphatic rings. The van der Waals surface area contributed by atoms with Crippen LogP contribution in [0.1, 0.15) is 32.3 Å². The Kier molecular flexibility index (Phi) is 2.17. The highest BCUT2D eigenvalue weighted by Gasteiger charge is 2.45. The molecule has 1 heterocycles. The molecule has 0 saturated heterocycles. The predicted molar refractivity (Wildman–Crippen MR) is 54.0 cm³/mol. The highest BCUT2D eigenvalue weighted by Crippen LogP contribution is 2.45. The maximum Gasteiger partial charge on any atom is 0.130 e. The normalized spacial score (nSPS) is 18.5. The molecule has 0 amide bonds. The van der Waals surface area contributed by atoms with E-state index in [4.69, 9.17) is 0 Å². The summed E-state index contributed by atoms with van der Waals surface area (Å²) in [6.07, 6.45) is 6.91. The van der Waals surface area contributed by atoms with Crippen LogP contribution in [-0.4, -0.2) is 16.1 Å². The molecule has 1 aromatic rings. The van der Waals surface area contributed by atoms with Crippen LogP contribution in [0.2, 0.25) is 0 Å². The zero-order valence-corrected chi connectivity index (χ0v) is 8.73. The summed E-state index contributed by atoms with van der Waals surface area (Å²) in [7, 11) is 0. The molecule has 1 fully saturated rings. The van der Waals surface area contributed by atoms with E-state index in [1.165, 1.54) is 0 Å². The molecule has 1 aromatic heterocycles. The standard InChI is InChI=1S/C11H16N2O/c1-9(2)6-13-7-10(5-12-13)11(8-14)3-4-11/h5,7-9H,3-4,6H2,1-2H3. The van der Waals surface area contributed by atoms with Gasteiger partial charge in [0.05, 0.1) is 11.6 Å². The summed E-state index contributed by atoms with van der Waals surface area (Å²) in [4.78, 5) is 10.9.